The van der Waals surface area contributed by atoms with E-state index in [2.05, 4.69) is 21.0 Å². The molecule has 2 N–H and O–H groups in total. The van der Waals surface area contributed by atoms with Crippen molar-refractivity contribution in [2.75, 3.05) is 16.3 Å². The molecule has 0 aromatic heterocycles. The summed E-state index contributed by atoms with van der Waals surface area (Å²) in [7, 11) is -7.99. The van der Waals surface area contributed by atoms with E-state index >= 15 is 0 Å². The van der Waals surface area contributed by atoms with E-state index < -0.39 is 42.9 Å². The first-order chi connectivity index (χ1) is 16.8. The van der Waals surface area contributed by atoms with Gasteiger partial charge in [-0.2, -0.15) is 8.42 Å². The van der Waals surface area contributed by atoms with Crippen LogP contribution in [-0.2, 0) is 30.3 Å². The van der Waals surface area contributed by atoms with Gasteiger partial charge in [-0.05, 0) is 42.5 Å². The van der Waals surface area contributed by atoms with Crippen molar-refractivity contribution < 1.29 is 26.4 Å². The number of hydrogen-bond acceptors (Lipinski definition) is 7. The maximum absolute atomic E-state index is 14.0. The first-order valence-corrected chi connectivity index (χ1v) is 14.7. The van der Waals surface area contributed by atoms with Crippen LogP contribution in [0.1, 0.15) is 42.6 Å². The topological polar surface area (TPSA) is 139 Å². The number of amidine groups is 1. The van der Waals surface area contributed by atoms with Crippen LogP contribution in [0.2, 0.25) is 0 Å². The molecule has 0 saturated heterocycles. The molecule has 2 atom stereocenters. The minimum atomic E-state index is -4.35. The van der Waals surface area contributed by atoms with E-state index in [0.717, 1.165) is 12.3 Å². The fraction of sp³-hybridized carbons (Fsp3) is 0.320. The molecule has 0 spiro atoms. The third-order valence-electron chi connectivity index (χ3n) is 6.42. The van der Waals surface area contributed by atoms with Crippen LogP contribution in [0.4, 0.5) is 11.4 Å². The minimum Gasteiger partial charge on any atom is -0.341 e. The molecule has 1 aliphatic heterocycles. The van der Waals surface area contributed by atoms with Crippen molar-refractivity contribution in [2.24, 2.45) is 16.2 Å². The lowest BCUT2D eigenvalue weighted by atomic mass is 9.62. The Bertz CT molecular complexity index is 1530. The summed E-state index contributed by atoms with van der Waals surface area (Å²) in [5.41, 5.74) is -0.172. The second-order valence-electron chi connectivity index (χ2n) is 9.48. The number of carbonyl (C=O) groups excluding carboxylic acids is 2. The molecule has 2 aliphatic rings. The molecular weight excluding hydrogens is 502 g/mol. The lowest BCUT2D eigenvalue weighted by Crippen LogP contribution is -2.52. The van der Waals surface area contributed by atoms with Gasteiger partial charge in [-0.1, -0.05) is 44.2 Å². The molecule has 2 unspecified atom stereocenters. The summed E-state index contributed by atoms with van der Waals surface area (Å²) < 4.78 is 55.4. The Morgan fingerprint density at radius 3 is 2.53 bits per heavy atom. The normalized spacial score (nSPS) is 22.8. The Labute approximate surface area is 210 Å². The molecule has 0 saturated carbocycles. The second-order valence-corrected chi connectivity index (χ2v) is 12.8. The lowest BCUT2D eigenvalue weighted by molar-refractivity contribution is -0.124. The van der Waals surface area contributed by atoms with Gasteiger partial charge in [0.25, 0.3) is 10.0 Å². The summed E-state index contributed by atoms with van der Waals surface area (Å²) >= 11 is 0. The molecule has 2 aromatic rings. The molecule has 0 fully saturated rings. The highest BCUT2D eigenvalue weighted by Gasteiger charge is 2.52. The van der Waals surface area contributed by atoms with Gasteiger partial charge in [-0.3, -0.25) is 14.3 Å². The Hall–Kier alpha value is -3.31. The highest BCUT2D eigenvalue weighted by molar-refractivity contribution is 7.92. The highest BCUT2D eigenvalue weighted by Crippen LogP contribution is 2.44. The number of Topliss-reactive ketones (excluding diaryl/α,β-unsaturated/α-hetero) is 2. The lowest BCUT2D eigenvalue weighted by Gasteiger charge is -2.39. The van der Waals surface area contributed by atoms with Crippen molar-refractivity contribution in [3.63, 3.8) is 0 Å². The van der Waals surface area contributed by atoms with Gasteiger partial charge < -0.3 is 5.32 Å². The number of carbonyl (C=O) groups is 2. The monoisotopic (exact) mass is 529 g/mol. The second kappa shape index (κ2) is 8.97. The van der Waals surface area contributed by atoms with Crippen LogP contribution in [0, 0.1) is 11.8 Å². The van der Waals surface area contributed by atoms with E-state index in [1.165, 1.54) is 12.1 Å². The predicted molar refractivity (Wildman–Crippen MR) is 138 cm³/mol. The fourth-order valence-corrected chi connectivity index (χ4v) is 6.40. The quantitative estimate of drug-likeness (QED) is 0.413. The van der Waals surface area contributed by atoms with Crippen LogP contribution in [0.25, 0.3) is 0 Å². The number of nitrogens with zero attached hydrogens (tertiary/aromatic N) is 1. The molecule has 0 amide bonds. The van der Waals surface area contributed by atoms with Crippen LogP contribution in [-0.4, -0.2) is 40.5 Å². The zero-order valence-corrected chi connectivity index (χ0v) is 21.7. The van der Waals surface area contributed by atoms with Gasteiger partial charge in [0.1, 0.15) is 16.6 Å². The first-order valence-electron chi connectivity index (χ1n) is 11.3. The molecule has 9 nitrogen and oxygen atoms in total. The number of fused-ring (bicyclic) bond motifs is 2. The maximum atomic E-state index is 14.0. The summed E-state index contributed by atoms with van der Waals surface area (Å²) in [5.74, 6) is -2.50. The first kappa shape index (κ1) is 25.8. The number of rotatable bonds is 7. The van der Waals surface area contributed by atoms with Crippen molar-refractivity contribution in [1.82, 2.24) is 0 Å². The summed E-state index contributed by atoms with van der Waals surface area (Å²) in [6.45, 7) is 7.98. The summed E-state index contributed by atoms with van der Waals surface area (Å²) in [6.07, 6.45) is 3.58. The zero-order chi connectivity index (χ0) is 26.5. The van der Waals surface area contributed by atoms with Crippen LogP contribution >= 0.6 is 0 Å². The van der Waals surface area contributed by atoms with Crippen LogP contribution in [0.3, 0.4) is 0 Å². The number of anilines is 2. The third kappa shape index (κ3) is 4.48. The molecule has 1 heterocycles. The number of sulfonamides is 2. The van der Waals surface area contributed by atoms with Gasteiger partial charge in [0.15, 0.2) is 11.6 Å². The smallest absolute Gasteiger partial charge is 0.286 e. The van der Waals surface area contributed by atoms with Gasteiger partial charge in [-0.15, -0.1) is 11.0 Å². The molecule has 0 radical (unpaired) electrons. The molecule has 1 aliphatic carbocycles. The number of hydrogen-bond donors (Lipinski definition) is 2. The predicted octanol–water partition coefficient (Wildman–Crippen LogP) is 3.51. The van der Waals surface area contributed by atoms with Crippen LogP contribution in [0.5, 0.6) is 0 Å². The molecule has 2 aromatic carbocycles. The Morgan fingerprint density at radius 1 is 1.19 bits per heavy atom. The molecule has 190 valence electrons. The van der Waals surface area contributed by atoms with Crippen molar-refractivity contribution in [2.45, 2.75) is 37.0 Å². The van der Waals surface area contributed by atoms with E-state index in [9.17, 15) is 26.4 Å². The maximum Gasteiger partial charge on any atom is 0.286 e. The molecule has 4 rings (SSSR count). The molecule has 36 heavy (non-hydrogen) atoms. The molecule has 0 bridgehead atoms. The number of ketones is 2. The zero-order valence-electron chi connectivity index (χ0n) is 20.1. The highest BCUT2D eigenvalue weighted by atomic mass is 32.2. The van der Waals surface area contributed by atoms with E-state index in [1.807, 2.05) is 13.8 Å². The standard InChI is InChI=1S/C25H27N3O6S2/c1-5-25(13-12-15(2)3)18-9-7-6-8-17(18)22(29)21(23(25)30)24-26-19-11-10-16(27-35(4,31)32)14-20(19)36(33,34)28-24/h5-11,14-15,21,27H,1,12-13H2,2-4H3,(H,26,28). The van der Waals surface area contributed by atoms with E-state index in [4.69, 9.17) is 0 Å². The van der Waals surface area contributed by atoms with Gasteiger partial charge in [0, 0.05) is 11.3 Å². The number of benzene rings is 2. The summed E-state index contributed by atoms with van der Waals surface area (Å²) in [5, 5.41) is 2.85. The van der Waals surface area contributed by atoms with Crippen molar-refractivity contribution in [1.29, 1.82) is 0 Å². The van der Waals surface area contributed by atoms with E-state index in [-0.39, 0.29) is 28.0 Å². The SMILES string of the molecule is C=CC1(CCC(C)C)C(=O)C(C2=NS(=O)(=O)c3cc(NS(C)(=O)=O)ccc3N2)C(=O)c2ccccc21. The van der Waals surface area contributed by atoms with E-state index in [1.54, 1.807) is 30.3 Å². The van der Waals surface area contributed by atoms with Crippen molar-refractivity contribution in [3.05, 3.63) is 66.2 Å². The van der Waals surface area contributed by atoms with Crippen LogP contribution < -0.4 is 10.0 Å². The summed E-state index contributed by atoms with van der Waals surface area (Å²) in [6, 6.07) is 10.7. The van der Waals surface area contributed by atoms with Crippen molar-refractivity contribution >= 4 is 48.8 Å². The number of nitrogens with one attached hydrogen (secondary N) is 2. The van der Waals surface area contributed by atoms with Crippen LogP contribution in [0.15, 0.2) is 64.4 Å². The average molecular weight is 530 g/mol. The Morgan fingerprint density at radius 2 is 1.89 bits per heavy atom. The van der Waals surface area contributed by atoms with Crippen molar-refractivity contribution in [3.8, 4) is 0 Å². The average Bonchev–Trinajstić information content (AvgIpc) is 2.78. The largest absolute Gasteiger partial charge is 0.341 e. The summed E-state index contributed by atoms with van der Waals surface area (Å²) in [4.78, 5) is 27.3. The van der Waals surface area contributed by atoms with Gasteiger partial charge in [0.2, 0.25) is 10.0 Å². The van der Waals surface area contributed by atoms with E-state index in [0.29, 0.717) is 24.0 Å². The molecule has 11 heteroatoms. The van der Waals surface area contributed by atoms with Gasteiger partial charge >= 0.3 is 0 Å². The van der Waals surface area contributed by atoms with Gasteiger partial charge in [0.05, 0.1) is 17.4 Å². The fourth-order valence-electron chi connectivity index (χ4n) is 4.67. The Balaban J connectivity index is 1.83. The minimum absolute atomic E-state index is 0.0402. The Kier molecular flexibility index (Phi) is 6.42. The molecular formula is C25H27N3O6S2. The third-order valence-corrected chi connectivity index (χ3v) is 8.36. The number of allylic oxidation sites excluding steroid dienone is 1. The van der Waals surface area contributed by atoms with Gasteiger partial charge in [-0.25, -0.2) is 8.42 Å².